The number of rotatable bonds is 3. The van der Waals surface area contributed by atoms with Gasteiger partial charge in [-0.1, -0.05) is 24.3 Å². The molecule has 114 valence electrons. The molecule has 0 saturated carbocycles. The van der Waals surface area contributed by atoms with E-state index in [1.165, 1.54) is 11.1 Å². The summed E-state index contributed by atoms with van der Waals surface area (Å²) in [5, 5.41) is 3.37. The molecule has 1 saturated heterocycles. The molecule has 3 nitrogen and oxygen atoms in total. The van der Waals surface area contributed by atoms with Crippen LogP contribution in [-0.2, 0) is 22.4 Å². The highest BCUT2D eigenvalue weighted by Crippen LogP contribution is 2.33. The van der Waals surface area contributed by atoms with Crippen LogP contribution in [0.1, 0.15) is 37.8 Å². The third-order valence-corrected chi connectivity index (χ3v) is 5.07. The zero-order chi connectivity index (χ0) is 14.9. The molecule has 0 amide bonds. The lowest BCUT2D eigenvalue weighted by Crippen LogP contribution is -2.43. The first-order chi connectivity index (χ1) is 10.1. The van der Waals surface area contributed by atoms with Gasteiger partial charge in [-0.25, -0.2) is 0 Å². The van der Waals surface area contributed by atoms with Crippen molar-refractivity contribution in [2.45, 2.75) is 45.1 Å². The fraction of sp³-hybridized carbons (Fsp3) is 0.611. The van der Waals surface area contributed by atoms with E-state index in [1.54, 1.807) is 0 Å². The molecule has 3 rings (SSSR count). The molecule has 2 aliphatic rings. The van der Waals surface area contributed by atoms with Crippen molar-refractivity contribution in [3.63, 3.8) is 0 Å². The summed E-state index contributed by atoms with van der Waals surface area (Å²) in [7, 11) is 0. The Morgan fingerprint density at radius 1 is 1.14 bits per heavy atom. The normalized spacial score (nSPS) is 20.3. The number of carbonyl (C=O) groups excluding carboxylic acids is 1. The summed E-state index contributed by atoms with van der Waals surface area (Å²) < 4.78 is 5.93. The lowest BCUT2D eigenvalue weighted by molar-refractivity contribution is -0.167. The van der Waals surface area contributed by atoms with Gasteiger partial charge in [-0.15, -0.1) is 0 Å². The number of fused-ring (bicyclic) bond motifs is 1. The van der Waals surface area contributed by atoms with Crippen molar-refractivity contribution in [1.82, 2.24) is 5.32 Å². The molecular formula is C18H25NO2. The maximum Gasteiger partial charge on any atom is 0.310 e. The average Bonchev–Trinajstić information content (AvgIpc) is 2.92. The second-order valence-electron chi connectivity index (χ2n) is 6.92. The van der Waals surface area contributed by atoms with Crippen molar-refractivity contribution in [1.29, 1.82) is 0 Å². The van der Waals surface area contributed by atoms with E-state index < -0.39 is 0 Å². The fourth-order valence-corrected chi connectivity index (χ4v) is 3.67. The molecule has 0 atom stereocenters. The number of nitrogens with one attached hydrogen (secondary N) is 1. The summed E-state index contributed by atoms with van der Waals surface area (Å²) in [5.74, 6) is 0.449. The van der Waals surface area contributed by atoms with Crippen LogP contribution in [0, 0.1) is 11.8 Å². The van der Waals surface area contributed by atoms with Gasteiger partial charge in [0, 0.05) is 5.92 Å². The number of hydrogen-bond acceptors (Lipinski definition) is 3. The van der Waals surface area contributed by atoms with Crippen molar-refractivity contribution >= 4 is 5.97 Å². The van der Waals surface area contributed by atoms with Gasteiger partial charge in [-0.3, -0.25) is 4.79 Å². The Labute approximate surface area is 127 Å². The summed E-state index contributed by atoms with van der Waals surface area (Å²) >= 11 is 0. The minimum absolute atomic E-state index is 0.00314. The summed E-state index contributed by atoms with van der Waals surface area (Å²) in [6.07, 6.45) is 3.84. The fourth-order valence-electron chi connectivity index (χ4n) is 3.67. The van der Waals surface area contributed by atoms with E-state index >= 15 is 0 Å². The van der Waals surface area contributed by atoms with E-state index in [1.807, 2.05) is 12.1 Å². The molecule has 1 aromatic rings. The van der Waals surface area contributed by atoms with Crippen molar-refractivity contribution in [3.8, 4) is 0 Å². The molecule has 21 heavy (non-hydrogen) atoms. The topological polar surface area (TPSA) is 38.3 Å². The molecule has 0 unspecified atom stereocenters. The van der Waals surface area contributed by atoms with Crippen LogP contribution in [0.5, 0.6) is 0 Å². The summed E-state index contributed by atoms with van der Waals surface area (Å²) in [4.78, 5) is 12.5. The monoisotopic (exact) mass is 287 g/mol. The number of piperidine rings is 1. The van der Waals surface area contributed by atoms with E-state index in [0.29, 0.717) is 5.92 Å². The standard InChI is InChI=1S/C18H25NO2/c1-18(2,16-7-9-19-10-8-16)21-17(20)15-11-13-5-3-4-6-14(13)12-15/h3-6,15-16,19H,7-12H2,1-2H3. The molecule has 1 N–H and O–H groups in total. The van der Waals surface area contributed by atoms with Crippen LogP contribution in [0.15, 0.2) is 24.3 Å². The Hall–Kier alpha value is -1.35. The first-order valence-corrected chi connectivity index (χ1v) is 8.06. The Kier molecular flexibility index (Phi) is 4.03. The summed E-state index contributed by atoms with van der Waals surface area (Å²) in [5.41, 5.74) is 2.26. The lowest BCUT2D eigenvalue weighted by Gasteiger charge is -2.37. The van der Waals surface area contributed by atoms with Gasteiger partial charge in [0.2, 0.25) is 0 Å². The Bertz CT molecular complexity index is 493. The minimum Gasteiger partial charge on any atom is -0.459 e. The Morgan fingerprint density at radius 2 is 1.71 bits per heavy atom. The molecule has 1 heterocycles. The number of esters is 1. The molecular weight excluding hydrogens is 262 g/mol. The molecule has 1 aromatic carbocycles. The van der Waals surface area contributed by atoms with Crippen LogP contribution in [0.2, 0.25) is 0 Å². The molecule has 0 spiro atoms. The molecule has 0 aromatic heterocycles. The first kappa shape index (κ1) is 14.6. The largest absolute Gasteiger partial charge is 0.459 e. The molecule has 1 fully saturated rings. The van der Waals surface area contributed by atoms with E-state index in [9.17, 15) is 4.79 Å². The second kappa shape index (κ2) is 5.80. The molecule has 1 aliphatic heterocycles. The van der Waals surface area contributed by atoms with Gasteiger partial charge in [-0.05, 0) is 63.7 Å². The van der Waals surface area contributed by atoms with E-state index in [4.69, 9.17) is 4.74 Å². The van der Waals surface area contributed by atoms with Gasteiger partial charge in [-0.2, -0.15) is 0 Å². The van der Waals surface area contributed by atoms with Crippen molar-refractivity contribution < 1.29 is 9.53 Å². The first-order valence-electron chi connectivity index (χ1n) is 8.06. The maximum atomic E-state index is 12.5. The molecule has 0 radical (unpaired) electrons. The van der Waals surface area contributed by atoms with Crippen LogP contribution >= 0.6 is 0 Å². The molecule has 0 bridgehead atoms. The van der Waals surface area contributed by atoms with E-state index in [-0.39, 0.29) is 17.5 Å². The van der Waals surface area contributed by atoms with Crippen molar-refractivity contribution in [3.05, 3.63) is 35.4 Å². The lowest BCUT2D eigenvalue weighted by atomic mass is 9.83. The number of ether oxygens (including phenoxy) is 1. The SMILES string of the molecule is CC(C)(OC(=O)C1Cc2ccccc2C1)C1CCNCC1. The van der Waals surface area contributed by atoms with Gasteiger partial charge >= 0.3 is 5.97 Å². The third-order valence-electron chi connectivity index (χ3n) is 5.07. The van der Waals surface area contributed by atoms with Crippen molar-refractivity contribution in [2.24, 2.45) is 11.8 Å². The maximum absolute atomic E-state index is 12.5. The number of carbonyl (C=O) groups is 1. The van der Waals surface area contributed by atoms with Crippen molar-refractivity contribution in [2.75, 3.05) is 13.1 Å². The predicted molar refractivity (Wildman–Crippen MR) is 83.1 cm³/mol. The Morgan fingerprint density at radius 3 is 2.29 bits per heavy atom. The zero-order valence-electron chi connectivity index (χ0n) is 13.0. The van der Waals surface area contributed by atoms with Gasteiger partial charge < -0.3 is 10.1 Å². The zero-order valence-corrected chi connectivity index (χ0v) is 13.0. The van der Waals surface area contributed by atoms with Gasteiger partial charge in [0.25, 0.3) is 0 Å². The van der Waals surface area contributed by atoms with E-state index in [0.717, 1.165) is 38.8 Å². The smallest absolute Gasteiger partial charge is 0.310 e. The predicted octanol–water partition coefficient (Wildman–Crippen LogP) is 2.72. The van der Waals surface area contributed by atoms with Gasteiger partial charge in [0.05, 0.1) is 5.92 Å². The van der Waals surface area contributed by atoms with Gasteiger partial charge in [0.1, 0.15) is 5.60 Å². The second-order valence-corrected chi connectivity index (χ2v) is 6.92. The highest BCUT2D eigenvalue weighted by molar-refractivity contribution is 5.75. The summed E-state index contributed by atoms with van der Waals surface area (Å²) in [6.45, 7) is 6.20. The van der Waals surface area contributed by atoms with Crippen LogP contribution in [0.3, 0.4) is 0 Å². The molecule has 1 aliphatic carbocycles. The third kappa shape index (κ3) is 3.13. The quantitative estimate of drug-likeness (QED) is 0.869. The highest BCUT2D eigenvalue weighted by Gasteiger charge is 2.37. The van der Waals surface area contributed by atoms with Crippen LogP contribution in [-0.4, -0.2) is 24.7 Å². The van der Waals surface area contributed by atoms with Crippen LogP contribution < -0.4 is 5.32 Å². The average molecular weight is 287 g/mol. The minimum atomic E-state index is -0.353. The number of benzene rings is 1. The molecule has 3 heteroatoms. The van der Waals surface area contributed by atoms with E-state index in [2.05, 4.69) is 31.3 Å². The Balaban J connectivity index is 1.62. The van der Waals surface area contributed by atoms with Crippen LogP contribution in [0.25, 0.3) is 0 Å². The van der Waals surface area contributed by atoms with Gasteiger partial charge in [0.15, 0.2) is 0 Å². The number of hydrogen-bond donors (Lipinski definition) is 1. The van der Waals surface area contributed by atoms with Crippen LogP contribution in [0.4, 0.5) is 0 Å². The summed E-state index contributed by atoms with van der Waals surface area (Å²) in [6, 6.07) is 8.35. The highest BCUT2D eigenvalue weighted by atomic mass is 16.6.